The number of hydrogen-bond acceptors (Lipinski definition) is 2. The van der Waals surface area contributed by atoms with Gasteiger partial charge in [0.05, 0.1) is 0 Å². The van der Waals surface area contributed by atoms with Crippen LogP contribution in [0.4, 0.5) is 0 Å². The second kappa shape index (κ2) is 9.07. The van der Waals surface area contributed by atoms with Crippen LogP contribution in [0.3, 0.4) is 0 Å². The molecule has 1 heterocycles. The summed E-state index contributed by atoms with van der Waals surface area (Å²) in [5.74, 6) is 1.03. The monoisotopic (exact) mass is 373 g/mol. The number of ketones is 1. The third kappa shape index (κ3) is 5.56. The minimum atomic E-state index is -0.131. The molecule has 27 heavy (non-hydrogen) atoms. The number of carbonyl (C=O) groups excluding carboxylic acids is 1. The molecule has 1 aliphatic carbocycles. The average molecular weight is 374 g/mol. The van der Waals surface area contributed by atoms with Gasteiger partial charge in [-0.2, -0.15) is 0 Å². The fourth-order valence-corrected chi connectivity index (χ4v) is 5.52. The van der Waals surface area contributed by atoms with E-state index in [1.54, 1.807) is 0 Å². The van der Waals surface area contributed by atoms with E-state index in [1.807, 2.05) is 0 Å². The van der Waals surface area contributed by atoms with E-state index in [-0.39, 0.29) is 5.41 Å². The predicted molar refractivity (Wildman–Crippen MR) is 117 cm³/mol. The molecule has 154 valence electrons. The molecule has 2 aliphatic rings. The molecular weight excluding hydrogens is 330 g/mol. The Labute approximate surface area is 168 Å². The van der Waals surface area contributed by atoms with Crippen molar-refractivity contribution in [1.82, 2.24) is 4.90 Å². The molecule has 0 spiro atoms. The van der Waals surface area contributed by atoms with Gasteiger partial charge in [0.25, 0.3) is 0 Å². The van der Waals surface area contributed by atoms with Crippen molar-refractivity contribution in [2.75, 3.05) is 13.1 Å². The summed E-state index contributed by atoms with van der Waals surface area (Å²) < 4.78 is 0. The summed E-state index contributed by atoms with van der Waals surface area (Å²) in [6.45, 7) is 18.2. The van der Waals surface area contributed by atoms with Gasteiger partial charge in [0.15, 0.2) is 0 Å². The molecule has 1 unspecified atom stereocenters. The Morgan fingerprint density at radius 3 is 2.56 bits per heavy atom. The van der Waals surface area contributed by atoms with Gasteiger partial charge in [-0.15, -0.1) is 0 Å². The maximum absolute atomic E-state index is 12.4. The first-order valence-corrected chi connectivity index (χ1v) is 11.1. The molecule has 0 radical (unpaired) electrons. The van der Waals surface area contributed by atoms with Gasteiger partial charge < -0.3 is 4.90 Å². The van der Waals surface area contributed by atoms with Gasteiger partial charge in [-0.1, -0.05) is 44.1 Å². The number of nitrogens with zero attached hydrogens (tertiary/aromatic N) is 1. The molecule has 2 rings (SSSR count). The van der Waals surface area contributed by atoms with Gasteiger partial charge >= 0.3 is 0 Å². The molecule has 0 bridgehead atoms. The molecule has 2 heteroatoms. The minimum Gasteiger partial charge on any atom is -0.300 e. The topological polar surface area (TPSA) is 20.3 Å². The van der Waals surface area contributed by atoms with Crippen molar-refractivity contribution in [1.29, 1.82) is 0 Å². The standard InChI is InChI=1S/C25H43NO/c1-19(2)10-8-11-20(3)12-9-13-21(4)26-17-15-22-24(5,6)23(27)14-16-25(22,7)18-26/h10,12,21-22H,8-9,11,13-18H2,1-7H3/b20-12-/t21?,22-,25+/m0/s1. The summed E-state index contributed by atoms with van der Waals surface area (Å²) in [5, 5.41) is 0. The van der Waals surface area contributed by atoms with E-state index in [0.717, 1.165) is 19.4 Å². The highest BCUT2D eigenvalue weighted by atomic mass is 16.1. The summed E-state index contributed by atoms with van der Waals surface area (Å²) in [7, 11) is 0. The first-order valence-electron chi connectivity index (χ1n) is 11.1. The van der Waals surface area contributed by atoms with Crippen molar-refractivity contribution in [3.63, 3.8) is 0 Å². The predicted octanol–water partition coefficient (Wildman–Crippen LogP) is 6.57. The largest absolute Gasteiger partial charge is 0.300 e. The Hall–Kier alpha value is -0.890. The fraction of sp³-hybridized carbons (Fsp3) is 0.800. The Balaban J connectivity index is 1.86. The van der Waals surface area contributed by atoms with E-state index in [1.165, 1.54) is 49.8 Å². The highest BCUT2D eigenvalue weighted by Gasteiger charge is 2.53. The Kier molecular flexibility index (Phi) is 7.53. The molecule has 0 aromatic heterocycles. The SMILES string of the molecule is CC(C)=CCC/C(C)=C\CCC(C)N1CC[C@H]2C(C)(C)C(=O)CC[C@]2(C)C1. The molecule has 2 nitrogen and oxygen atoms in total. The quantitative estimate of drug-likeness (QED) is 0.471. The van der Waals surface area contributed by atoms with Crippen LogP contribution >= 0.6 is 0 Å². The van der Waals surface area contributed by atoms with Crippen molar-refractivity contribution < 1.29 is 4.79 Å². The smallest absolute Gasteiger partial charge is 0.138 e. The lowest BCUT2D eigenvalue weighted by molar-refractivity contribution is -0.146. The van der Waals surface area contributed by atoms with Crippen LogP contribution in [-0.2, 0) is 4.79 Å². The molecule has 3 atom stereocenters. The lowest BCUT2D eigenvalue weighted by Gasteiger charge is -2.56. The van der Waals surface area contributed by atoms with Gasteiger partial charge in [-0.3, -0.25) is 4.79 Å². The average Bonchev–Trinajstić information content (AvgIpc) is 2.57. The second-order valence-electron chi connectivity index (χ2n) is 10.4. The number of rotatable bonds is 7. The summed E-state index contributed by atoms with van der Waals surface area (Å²) >= 11 is 0. The zero-order valence-corrected chi connectivity index (χ0v) is 19.0. The maximum atomic E-state index is 12.4. The van der Waals surface area contributed by atoms with Crippen LogP contribution in [0.2, 0.25) is 0 Å². The lowest BCUT2D eigenvalue weighted by atomic mass is 9.53. The van der Waals surface area contributed by atoms with E-state index < -0.39 is 0 Å². The van der Waals surface area contributed by atoms with Crippen molar-refractivity contribution in [2.45, 2.75) is 99.5 Å². The molecule has 0 N–H and O–H groups in total. The van der Waals surface area contributed by atoms with Crippen molar-refractivity contribution in [3.8, 4) is 0 Å². The van der Waals surface area contributed by atoms with Crippen LogP contribution < -0.4 is 0 Å². The second-order valence-corrected chi connectivity index (χ2v) is 10.4. The zero-order chi connectivity index (χ0) is 20.2. The number of allylic oxidation sites excluding steroid dienone is 4. The summed E-state index contributed by atoms with van der Waals surface area (Å²) in [6, 6.07) is 0.630. The molecule has 1 saturated carbocycles. The van der Waals surface area contributed by atoms with E-state index in [0.29, 0.717) is 23.2 Å². The number of Topliss-reactive ketones (excluding diaryl/α,β-unsaturated/α-hetero) is 1. The first kappa shape index (κ1) is 22.4. The molecule has 0 amide bonds. The third-order valence-corrected chi connectivity index (χ3v) is 7.42. The Morgan fingerprint density at radius 1 is 1.19 bits per heavy atom. The normalized spacial score (nSPS) is 30.0. The zero-order valence-electron chi connectivity index (χ0n) is 19.0. The molecule has 0 aromatic rings. The molecule has 2 fully saturated rings. The molecular formula is C25H43NO. The highest BCUT2D eigenvalue weighted by molar-refractivity contribution is 5.85. The molecule has 0 aromatic carbocycles. The van der Waals surface area contributed by atoms with E-state index in [4.69, 9.17) is 0 Å². The molecule has 1 saturated heterocycles. The first-order chi connectivity index (χ1) is 12.6. The van der Waals surface area contributed by atoms with E-state index >= 15 is 0 Å². The van der Waals surface area contributed by atoms with Crippen LogP contribution in [0.5, 0.6) is 0 Å². The van der Waals surface area contributed by atoms with Gasteiger partial charge in [0.2, 0.25) is 0 Å². The maximum Gasteiger partial charge on any atom is 0.138 e. The van der Waals surface area contributed by atoms with E-state index in [9.17, 15) is 4.79 Å². The van der Waals surface area contributed by atoms with Gasteiger partial charge in [-0.25, -0.2) is 0 Å². The number of fused-ring (bicyclic) bond motifs is 1. The van der Waals surface area contributed by atoms with Crippen LogP contribution in [0.15, 0.2) is 23.3 Å². The van der Waals surface area contributed by atoms with Gasteiger partial charge in [0.1, 0.15) is 5.78 Å². The van der Waals surface area contributed by atoms with Crippen LogP contribution in [0.1, 0.15) is 93.4 Å². The van der Waals surface area contributed by atoms with Crippen LogP contribution in [0, 0.1) is 16.7 Å². The van der Waals surface area contributed by atoms with E-state index in [2.05, 4.69) is 65.5 Å². The third-order valence-electron chi connectivity index (χ3n) is 7.42. The van der Waals surface area contributed by atoms with Crippen LogP contribution in [0.25, 0.3) is 0 Å². The number of carbonyl (C=O) groups is 1. The highest BCUT2D eigenvalue weighted by Crippen LogP contribution is 2.53. The van der Waals surface area contributed by atoms with Gasteiger partial charge in [-0.05, 0) is 84.1 Å². The fourth-order valence-electron chi connectivity index (χ4n) is 5.52. The number of likely N-dealkylation sites (tertiary alicyclic amines) is 1. The summed E-state index contributed by atoms with van der Waals surface area (Å²) in [6.07, 6.45) is 12.6. The Morgan fingerprint density at radius 2 is 1.89 bits per heavy atom. The summed E-state index contributed by atoms with van der Waals surface area (Å²) in [4.78, 5) is 15.1. The van der Waals surface area contributed by atoms with Gasteiger partial charge in [0, 0.05) is 24.4 Å². The molecule has 1 aliphatic heterocycles. The van der Waals surface area contributed by atoms with Crippen LogP contribution in [-0.4, -0.2) is 29.8 Å². The number of hydrogen-bond donors (Lipinski definition) is 0. The van der Waals surface area contributed by atoms with Crippen molar-refractivity contribution in [3.05, 3.63) is 23.3 Å². The van der Waals surface area contributed by atoms with Crippen molar-refractivity contribution in [2.24, 2.45) is 16.7 Å². The van der Waals surface area contributed by atoms with Crippen molar-refractivity contribution >= 4 is 5.78 Å². The number of piperidine rings is 1. The Bertz CT molecular complexity index is 581. The minimum absolute atomic E-state index is 0.131. The lowest BCUT2D eigenvalue weighted by Crippen LogP contribution is -2.58. The summed E-state index contributed by atoms with van der Waals surface area (Å²) in [5.41, 5.74) is 3.12.